The molecule has 1 N–H and O–H groups in total. The van der Waals surface area contributed by atoms with Crippen molar-refractivity contribution in [2.75, 3.05) is 26.9 Å². The van der Waals surface area contributed by atoms with Crippen LogP contribution >= 0.6 is 22.0 Å². The normalized spacial score (nSPS) is 22.4. The second kappa shape index (κ2) is 6.62. The van der Waals surface area contributed by atoms with Gasteiger partial charge in [-0.3, -0.25) is 4.79 Å². The van der Waals surface area contributed by atoms with Crippen molar-refractivity contribution < 1.29 is 22.7 Å². The topological polar surface area (TPSA) is 81.7 Å². The number of ether oxygens (including phenoxy) is 2. The third-order valence-electron chi connectivity index (χ3n) is 3.32. The Labute approximate surface area is 131 Å². The van der Waals surface area contributed by atoms with Crippen LogP contribution in [-0.4, -0.2) is 46.8 Å². The van der Waals surface area contributed by atoms with Crippen LogP contribution in [0.2, 0.25) is 0 Å². The van der Waals surface area contributed by atoms with E-state index >= 15 is 0 Å². The molecule has 0 bridgehead atoms. The van der Waals surface area contributed by atoms with Crippen molar-refractivity contribution in [3.05, 3.63) is 17.0 Å². The van der Waals surface area contributed by atoms with Gasteiger partial charge in [0.2, 0.25) is 5.91 Å². The Bertz CT molecular complexity index is 607. The molecule has 1 fully saturated rings. The second-order valence-corrected chi connectivity index (χ2v) is 8.76. The fourth-order valence-corrected chi connectivity index (χ4v) is 4.15. The van der Waals surface area contributed by atoms with Gasteiger partial charge >= 0.3 is 0 Å². The van der Waals surface area contributed by atoms with E-state index in [1.807, 2.05) is 0 Å². The zero-order valence-electron chi connectivity index (χ0n) is 11.4. The van der Waals surface area contributed by atoms with Crippen molar-refractivity contribution in [3.8, 4) is 0 Å². The first-order chi connectivity index (χ1) is 9.85. The Kier molecular flexibility index (Phi) is 5.26. The van der Waals surface area contributed by atoms with Gasteiger partial charge in [-0.15, -0.1) is 11.3 Å². The lowest BCUT2D eigenvalue weighted by Crippen LogP contribution is -2.45. The number of halogens is 1. The summed E-state index contributed by atoms with van der Waals surface area (Å²) in [5.41, 5.74) is -0.463. The van der Waals surface area contributed by atoms with Gasteiger partial charge in [0.05, 0.1) is 13.0 Å². The van der Waals surface area contributed by atoms with Crippen LogP contribution in [0.4, 0.5) is 0 Å². The van der Waals surface area contributed by atoms with Gasteiger partial charge in [0.25, 0.3) is 9.05 Å². The Morgan fingerprint density at radius 2 is 2.33 bits per heavy atom. The number of amides is 1. The summed E-state index contributed by atoms with van der Waals surface area (Å²) in [6.07, 6.45) is 0.842. The monoisotopic (exact) mass is 353 g/mol. The number of hydrogen-bond acceptors (Lipinski definition) is 6. The third kappa shape index (κ3) is 4.40. The molecule has 2 rings (SSSR count). The number of hydrogen-bond donors (Lipinski definition) is 1. The van der Waals surface area contributed by atoms with E-state index in [4.69, 9.17) is 20.2 Å². The first-order valence-electron chi connectivity index (χ1n) is 6.28. The lowest BCUT2D eigenvalue weighted by atomic mass is 10.0. The van der Waals surface area contributed by atoms with Crippen LogP contribution < -0.4 is 5.32 Å². The average Bonchev–Trinajstić information content (AvgIpc) is 3.05. The van der Waals surface area contributed by atoms with Gasteiger partial charge in [0.15, 0.2) is 0 Å². The minimum absolute atomic E-state index is 0.0459. The van der Waals surface area contributed by atoms with E-state index in [1.54, 1.807) is 13.2 Å². The summed E-state index contributed by atoms with van der Waals surface area (Å²) in [6, 6.07) is 2.99. The van der Waals surface area contributed by atoms with E-state index in [0.29, 0.717) is 24.6 Å². The van der Waals surface area contributed by atoms with Crippen LogP contribution in [-0.2, 0) is 29.7 Å². The zero-order valence-corrected chi connectivity index (χ0v) is 13.8. The summed E-state index contributed by atoms with van der Waals surface area (Å²) in [5.74, 6) is -0.196. The van der Waals surface area contributed by atoms with Crippen molar-refractivity contribution in [1.29, 1.82) is 0 Å². The van der Waals surface area contributed by atoms with Crippen LogP contribution in [0.15, 0.2) is 16.3 Å². The molecule has 1 amide bonds. The summed E-state index contributed by atoms with van der Waals surface area (Å²) in [7, 11) is 3.10. The summed E-state index contributed by atoms with van der Waals surface area (Å²) >= 11 is 0.994. The fourth-order valence-electron chi connectivity index (χ4n) is 2.03. The van der Waals surface area contributed by atoms with Gasteiger partial charge in [-0.25, -0.2) is 8.42 Å². The fraction of sp³-hybridized carbons (Fsp3) is 0.583. The molecule has 21 heavy (non-hydrogen) atoms. The quantitative estimate of drug-likeness (QED) is 0.775. The minimum Gasteiger partial charge on any atom is -0.378 e. The zero-order chi connectivity index (χ0) is 15.5. The number of thiophene rings is 1. The van der Waals surface area contributed by atoms with E-state index in [2.05, 4.69) is 5.32 Å². The summed E-state index contributed by atoms with van der Waals surface area (Å²) < 4.78 is 33.1. The van der Waals surface area contributed by atoms with E-state index in [1.165, 1.54) is 6.07 Å². The Morgan fingerprint density at radius 1 is 1.57 bits per heavy atom. The van der Waals surface area contributed by atoms with Crippen molar-refractivity contribution in [1.82, 2.24) is 5.32 Å². The summed E-state index contributed by atoms with van der Waals surface area (Å²) in [6.45, 7) is 1.44. The second-order valence-electron chi connectivity index (χ2n) is 4.80. The van der Waals surface area contributed by atoms with Gasteiger partial charge in [0.1, 0.15) is 9.81 Å². The number of carbonyl (C=O) groups excluding carboxylic acids is 1. The van der Waals surface area contributed by atoms with Gasteiger partial charge in [-0.1, -0.05) is 0 Å². The molecule has 9 heteroatoms. The molecule has 0 radical (unpaired) electrons. The molecule has 0 aromatic carbocycles. The van der Waals surface area contributed by atoms with Crippen molar-refractivity contribution in [2.45, 2.75) is 22.7 Å². The summed E-state index contributed by atoms with van der Waals surface area (Å²) in [4.78, 5) is 12.5. The smallest absolute Gasteiger partial charge is 0.270 e. The molecule has 1 unspecified atom stereocenters. The maximum Gasteiger partial charge on any atom is 0.270 e. The molecule has 118 valence electrons. The molecular weight excluding hydrogens is 338 g/mol. The van der Waals surface area contributed by atoms with Gasteiger partial charge in [-0.2, -0.15) is 0 Å². The van der Waals surface area contributed by atoms with Crippen LogP contribution in [0.1, 0.15) is 11.3 Å². The highest BCUT2D eigenvalue weighted by Crippen LogP contribution is 2.25. The predicted molar refractivity (Wildman–Crippen MR) is 79.2 cm³/mol. The molecule has 1 aliphatic rings. The van der Waals surface area contributed by atoms with Gasteiger partial charge in [-0.05, 0) is 12.1 Å². The minimum atomic E-state index is -3.73. The number of nitrogens with one attached hydrogen (secondary N) is 1. The Hall–Kier alpha value is -0.670. The highest BCUT2D eigenvalue weighted by atomic mass is 35.7. The first kappa shape index (κ1) is 16.7. The molecule has 1 atom stereocenters. The van der Waals surface area contributed by atoms with Gasteiger partial charge in [0, 0.05) is 42.2 Å². The largest absolute Gasteiger partial charge is 0.378 e. The van der Waals surface area contributed by atoms with Crippen LogP contribution in [0.5, 0.6) is 0 Å². The van der Waals surface area contributed by atoms with E-state index in [0.717, 1.165) is 17.8 Å². The highest BCUT2D eigenvalue weighted by molar-refractivity contribution is 8.15. The molecule has 1 aromatic heterocycles. The maximum absolute atomic E-state index is 11.9. The average molecular weight is 354 g/mol. The third-order valence-corrected chi connectivity index (χ3v) is 6.50. The van der Waals surface area contributed by atoms with E-state index < -0.39 is 14.7 Å². The molecule has 6 nitrogen and oxygen atoms in total. The van der Waals surface area contributed by atoms with Crippen LogP contribution in [0, 0.1) is 0 Å². The molecule has 1 aromatic rings. The number of rotatable bonds is 6. The maximum atomic E-state index is 11.9. The lowest BCUT2D eigenvalue weighted by Gasteiger charge is -2.25. The Balaban J connectivity index is 1.89. The number of methoxy groups -OCH3 is 1. The lowest BCUT2D eigenvalue weighted by molar-refractivity contribution is -0.122. The standard InChI is InChI=1S/C12H16ClNO5S2/c1-18-12(4-5-19-8-12)7-14-10(15)6-9-2-3-11(20-9)21(13,16)17/h2-3H,4-8H2,1H3,(H,14,15). The number of carbonyl (C=O) groups is 1. The van der Waals surface area contributed by atoms with E-state index in [-0.39, 0.29) is 16.5 Å². The molecular formula is C12H16ClNO5S2. The molecule has 0 saturated carbocycles. The van der Waals surface area contributed by atoms with Gasteiger partial charge < -0.3 is 14.8 Å². The van der Waals surface area contributed by atoms with Crippen molar-refractivity contribution in [2.24, 2.45) is 0 Å². The van der Waals surface area contributed by atoms with Crippen LogP contribution in [0.25, 0.3) is 0 Å². The molecule has 2 heterocycles. The SMILES string of the molecule is COC1(CNC(=O)Cc2ccc(S(=O)(=O)Cl)s2)CCOC1. The molecule has 1 aliphatic heterocycles. The first-order valence-corrected chi connectivity index (χ1v) is 9.40. The van der Waals surface area contributed by atoms with E-state index in [9.17, 15) is 13.2 Å². The molecule has 0 aliphatic carbocycles. The molecule has 0 spiro atoms. The molecule has 1 saturated heterocycles. The van der Waals surface area contributed by atoms with Crippen molar-refractivity contribution in [3.63, 3.8) is 0 Å². The Morgan fingerprint density at radius 3 is 2.86 bits per heavy atom. The highest BCUT2D eigenvalue weighted by Gasteiger charge is 2.35. The van der Waals surface area contributed by atoms with Crippen molar-refractivity contribution >= 4 is 37.0 Å². The predicted octanol–water partition coefficient (Wildman–Crippen LogP) is 1.14. The summed E-state index contributed by atoms with van der Waals surface area (Å²) in [5, 5.41) is 2.79. The van der Waals surface area contributed by atoms with Crippen LogP contribution in [0.3, 0.4) is 0 Å².